The molecule has 0 spiro atoms. The van der Waals surface area contributed by atoms with Crippen LogP contribution >= 0.6 is 0 Å². The molecule has 0 saturated carbocycles. The molecule has 4 rings (SSSR count). The molecule has 2 aromatic rings. The Kier molecular flexibility index (Phi) is 5.34. The molecule has 0 aliphatic carbocycles. The Hall–Kier alpha value is -2.08. The highest BCUT2D eigenvalue weighted by Gasteiger charge is 2.27. The molecule has 146 valence electrons. The van der Waals surface area contributed by atoms with Gasteiger partial charge in [0.25, 0.3) is 0 Å². The number of nitrogens with one attached hydrogen (secondary N) is 1. The molecule has 1 aromatic carbocycles. The van der Waals surface area contributed by atoms with Crippen LogP contribution in [0.4, 0.5) is 4.39 Å². The molecule has 0 radical (unpaired) electrons. The van der Waals surface area contributed by atoms with E-state index >= 15 is 0 Å². The number of hydrogen-bond donors (Lipinski definition) is 1. The van der Waals surface area contributed by atoms with Gasteiger partial charge in [0.05, 0.1) is 6.54 Å². The smallest absolute Gasteiger partial charge is 0.194 e. The Balaban J connectivity index is 1.36. The van der Waals surface area contributed by atoms with E-state index in [4.69, 9.17) is 4.42 Å². The quantitative estimate of drug-likeness (QED) is 0.660. The van der Waals surface area contributed by atoms with E-state index in [1.807, 2.05) is 14.0 Å². The van der Waals surface area contributed by atoms with Gasteiger partial charge in [0.1, 0.15) is 17.2 Å². The van der Waals surface area contributed by atoms with Gasteiger partial charge in [-0.1, -0.05) is 0 Å². The van der Waals surface area contributed by atoms with Gasteiger partial charge in [0, 0.05) is 37.6 Å². The minimum atomic E-state index is -0.233. The van der Waals surface area contributed by atoms with Crippen molar-refractivity contribution < 1.29 is 8.81 Å². The topological polar surface area (TPSA) is 44.0 Å². The van der Waals surface area contributed by atoms with Gasteiger partial charge in [-0.15, -0.1) is 0 Å². The van der Waals surface area contributed by atoms with Crippen LogP contribution in [0.3, 0.4) is 0 Å². The van der Waals surface area contributed by atoms with Gasteiger partial charge in [-0.25, -0.2) is 4.39 Å². The molecule has 6 heteroatoms. The second kappa shape index (κ2) is 7.89. The minimum absolute atomic E-state index is 0.233. The summed E-state index contributed by atoms with van der Waals surface area (Å²) in [5, 5.41) is 4.27. The molecule has 3 heterocycles. The monoisotopic (exact) mass is 372 g/mol. The summed E-state index contributed by atoms with van der Waals surface area (Å²) in [7, 11) is 1.83. The highest BCUT2D eigenvalue weighted by molar-refractivity contribution is 5.83. The highest BCUT2D eigenvalue weighted by atomic mass is 19.1. The van der Waals surface area contributed by atoms with E-state index < -0.39 is 0 Å². The first kappa shape index (κ1) is 18.3. The summed E-state index contributed by atoms with van der Waals surface area (Å²) in [6.45, 7) is 8.37. The summed E-state index contributed by atoms with van der Waals surface area (Å²) in [4.78, 5) is 9.41. The van der Waals surface area contributed by atoms with Crippen molar-refractivity contribution in [2.24, 2.45) is 10.9 Å². The van der Waals surface area contributed by atoms with Gasteiger partial charge in [-0.3, -0.25) is 4.99 Å². The normalized spacial score (nSPS) is 21.5. The summed E-state index contributed by atoms with van der Waals surface area (Å²) in [6.07, 6.45) is 3.92. The summed E-state index contributed by atoms with van der Waals surface area (Å²) in [6, 6.07) is 4.67. The number of nitrogens with zero attached hydrogens (tertiary/aromatic N) is 3. The average Bonchev–Trinajstić information content (AvgIpc) is 3.39. The lowest BCUT2D eigenvalue weighted by atomic mass is 10.1. The van der Waals surface area contributed by atoms with E-state index in [9.17, 15) is 4.39 Å². The Morgan fingerprint density at radius 1 is 1.30 bits per heavy atom. The second-order valence-corrected chi connectivity index (χ2v) is 7.80. The summed E-state index contributed by atoms with van der Waals surface area (Å²) >= 11 is 0. The van der Waals surface area contributed by atoms with E-state index in [1.165, 1.54) is 51.0 Å². The Morgan fingerprint density at radius 2 is 2.11 bits per heavy atom. The van der Waals surface area contributed by atoms with Crippen molar-refractivity contribution in [1.82, 2.24) is 15.1 Å². The molecular weight excluding hydrogens is 343 g/mol. The number of hydrogen-bond acceptors (Lipinski definition) is 3. The molecule has 27 heavy (non-hydrogen) atoms. The zero-order chi connectivity index (χ0) is 18.8. The van der Waals surface area contributed by atoms with Crippen molar-refractivity contribution in [3.05, 3.63) is 35.3 Å². The van der Waals surface area contributed by atoms with E-state index in [0.29, 0.717) is 6.54 Å². The predicted molar refractivity (Wildman–Crippen MR) is 106 cm³/mol. The number of rotatable bonds is 4. The SMILES string of the molecule is CN=C(NCc1oc2ccc(F)cc2c1C)N1CCC(CN2CCCC2)C1. The van der Waals surface area contributed by atoms with Crippen LogP contribution < -0.4 is 5.32 Å². The van der Waals surface area contributed by atoms with Crippen LogP contribution in [0.25, 0.3) is 11.0 Å². The molecule has 2 fully saturated rings. The average molecular weight is 372 g/mol. The van der Waals surface area contributed by atoms with Crippen LogP contribution in [-0.2, 0) is 6.54 Å². The van der Waals surface area contributed by atoms with Gasteiger partial charge in [-0.2, -0.15) is 0 Å². The van der Waals surface area contributed by atoms with E-state index in [-0.39, 0.29) is 5.82 Å². The summed E-state index contributed by atoms with van der Waals surface area (Å²) in [5.41, 5.74) is 1.72. The zero-order valence-corrected chi connectivity index (χ0v) is 16.3. The maximum atomic E-state index is 13.5. The van der Waals surface area contributed by atoms with Crippen molar-refractivity contribution in [1.29, 1.82) is 0 Å². The third-order valence-corrected chi connectivity index (χ3v) is 5.92. The Labute approximate surface area is 160 Å². The van der Waals surface area contributed by atoms with Crippen LogP contribution in [0.2, 0.25) is 0 Å². The maximum absolute atomic E-state index is 13.5. The van der Waals surface area contributed by atoms with Crippen LogP contribution in [0.15, 0.2) is 27.6 Å². The molecule has 1 aromatic heterocycles. The first-order valence-electron chi connectivity index (χ1n) is 9.99. The molecule has 2 aliphatic heterocycles. The van der Waals surface area contributed by atoms with Crippen molar-refractivity contribution in [2.75, 3.05) is 39.8 Å². The summed E-state index contributed by atoms with van der Waals surface area (Å²) in [5.74, 6) is 2.25. The fourth-order valence-electron chi connectivity index (χ4n) is 4.41. The van der Waals surface area contributed by atoms with Gasteiger partial charge in [0.15, 0.2) is 5.96 Å². The van der Waals surface area contributed by atoms with Gasteiger partial charge in [0.2, 0.25) is 0 Å². The van der Waals surface area contributed by atoms with Crippen LogP contribution in [-0.4, -0.2) is 55.5 Å². The number of aryl methyl sites for hydroxylation is 1. The number of benzene rings is 1. The van der Waals surface area contributed by atoms with Crippen LogP contribution in [0.1, 0.15) is 30.6 Å². The molecule has 0 bridgehead atoms. The van der Waals surface area contributed by atoms with Gasteiger partial charge >= 0.3 is 0 Å². The Morgan fingerprint density at radius 3 is 2.89 bits per heavy atom. The number of halogens is 1. The third kappa shape index (κ3) is 3.95. The summed E-state index contributed by atoms with van der Waals surface area (Å²) < 4.78 is 19.4. The van der Waals surface area contributed by atoms with Crippen LogP contribution in [0.5, 0.6) is 0 Å². The highest BCUT2D eigenvalue weighted by Crippen LogP contribution is 2.26. The number of aliphatic imine (C=N–C) groups is 1. The van der Waals surface area contributed by atoms with Gasteiger partial charge in [-0.05, 0) is 63.4 Å². The van der Waals surface area contributed by atoms with Crippen molar-refractivity contribution >= 4 is 16.9 Å². The van der Waals surface area contributed by atoms with E-state index in [0.717, 1.165) is 47.3 Å². The first-order chi connectivity index (χ1) is 13.1. The minimum Gasteiger partial charge on any atom is -0.459 e. The number of fused-ring (bicyclic) bond motifs is 1. The van der Waals surface area contributed by atoms with E-state index in [2.05, 4.69) is 20.1 Å². The lowest BCUT2D eigenvalue weighted by Crippen LogP contribution is -2.40. The number of guanidine groups is 1. The maximum Gasteiger partial charge on any atom is 0.194 e. The standard InChI is InChI=1S/C21H29FN4O/c1-15-18-11-17(22)5-6-19(18)27-20(15)12-24-21(23-2)26-10-7-16(14-26)13-25-8-3-4-9-25/h5-6,11,16H,3-4,7-10,12-14H2,1-2H3,(H,23,24). The second-order valence-electron chi connectivity index (χ2n) is 7.80. The number of furan rings is 1. The van der Waals surface area contributed by atoms with Crippen molar-refractivity contribution in [2.45, 2.75) is 32.7 Å². The molecule has 1 atom stereocenters. The van der Waals surface area contributed by atoms with Crippen molar-refractivity contribution in [3.8, 4) is 0 Å². The van der Waals surface area contributed by atoms with Gasteiger partial charge < -0.3 is 19.5 Å². The zero-order valence-electron chi connectivity index (χ0n) is 16.3. The number of likely N-dealkylation sites (tertiary alicyclic amines) is 2. The molecule has 2 aliphatic rings. The fraction of sp³-hybridized carbons (Fsp3) is 0.571. The predicted octanol–water partition coefficient (Wildman–Crippen LogP) is 3.37. The molecule has 0 amide bonds. The molecule has 1 N–H and O–H groups in total. The molecular formula is C21H29FN4O. The largest absolute Gasteiger partial charge is 0.459 e. The lowest BCUT2D eigenvalue weighted by molar-refractivity contribution is 0.281. The Bertz CT molecular complexity index is 825. The van der Waals surface area contributed by atoms with E-state index in [1.54, 1.807) is 6.07 Å². The third-order valence-electron chi connectivity index (χ3n) is 5.92. The lowest BCUT2D eigenvalue weighted by Gasteiger charge is -2.23. The fourth-order valence-corrected chi connectivity index (χ4v) is 4.41. The van der Waals surface area contributed by atoms with Crippen molar-refractivity contribution in [3.63, 3.8) is 0 Å². The molecule has 2 saturated heterocycles. The van der Waals surface area contributed by atoms with Crippen LogP contribution in [0, 0.1) is 18.7 Å². The molecule has 5 nitrogen and oxygen atoms in total. The molecule has 1 unspecified atom stereocenters. The first-order valence-corrected chi connectivity index (χ1v) is 9.99.